The van der Waals surface area contributed by atoms with Crippen molar-refractivity contribution in [2.75, 3.05) is 39.8 Å². The molecule has 2 rings (SSSR count). The molecule has 18 heavy (non-hydrogen) atoms. The topological polar surface area (TPSA) is 70.4 Å². The molecule has 6 nitrogen and oxygen atoms in total. The highest BCUT2D eigenvalue weighted by Gasteiger charge is 2.41. The Hall–Kier alpha value is -0.310. The van der Waals surface area contributed by atoms with Crippen LogP contribution in [0.3, 0.4) is 0 Å². The first-order valence-electron chi connectivity index (χ1n) is 6.39. The van der Waals surface area contributed by atoms with Crippen LogP contribution in [0, 0.1) is 5.92 Å². The fourth-order valence-electron chi connectivity index (χ4n) is 2.74. The van der Waals surface area contributed by atoms with Crippen molar-refractivity contribution >= 4 is 0 Å². The molecule has 106 valence electrons. The third-order valence-corrected chi connectivity index (χ3v) is 3.89. The van der Waals surface area contributed by atoms with Crippen molar-refractivity contribution in [3.8, 4) is 0 Å². The summed E-state index contributed by atoms with van der Waals surface area (Å²) < 4.78 is 12.9. The third kappa shape index (κ3) is 3.37. The second-order valence-corrected chi connectivity index (χ2v) is 5.48. The van der Waals surface area contributed by atoms with Crippen molar-refractivity contribution in [1.82, 2.24) is 14.9 Å². The first-order valence-corrected chi connectivity index (χ1v) is 6.39. The minimum atomic E-state index is -2.78. The van der Waals surface area contributed by atoms with Crippen LogP contribution in [-0.4, -0.2) is 82.2 Å². The van der Waals surface area contributed by atoms with Gasteiger partial charge in [-0.15, -0.1) is 9.60 Å². The van der Waals surface area contributed by atoms with E-state index in [1.165, 1.54) is 4.90 Å². The highest BCUT2D eigenvalue weighted by atomic mass is 19.2. The molecule has 2 saturated heterocycles. The predicted octanol–water partition coefficient (Wildman–Crippen LogP) is -1.21. The largest absolute Gasteiger partial charge is 0.346 e. The zero-order valence-electron chi connectivity index (χ0n) is 10.7. The van der Waals surface area contributed by atoms with Crippen LogP contribution in [0.4, 0.5) is 4.48 Å². The summed E-state index contributed by atoms with van der Waals surface area (Å²) in [5.74, 6) is 0.189. The van der Waals surface area contributed by atoms with E-state index >= 15 is 0 Å². The molecule has 0 aromatic rings. The van der Waals surface area contributed by atoms with E-state index < -0.39 is 6.10 Å². The first-order chi connectivity index (χ1) is 8.36. The van der Waals surface area contributed by atoms with E-state index in [-0.39, 0.29) is 12.0 Å². The highest BCUT2D eigenvalue weighted by Crippen LogP contribution is 2.24. The molecule has 3 N–H and O–H groups in total. The summed E-state index contributed by atoms with van der Waals surface area (Å²) in [7, 11) is 1.93. The molecule has 0 radical (unpaired) electrons. The maximum Gasteiger partial charge on any atom is 0.346 e. The van der Waals surface area contributed by atoms with Crippen LogP contribution >= 0.6 is 0 Å². The van der Waals surface area contributed by atoms with Crippen LogP contribution in [0.2, 0.25) is 0 Å². The zero-order valence-corrected chi connectivity index (χ0v) is 10.7. The summed E-state index contributed by atoms with van der Waals surface area (Å²) in [4.78, 5) is 3.35. The summed E-state index contributed by atoms with van der Waals surface area (Å²) in [6.45, 7) is 2.53. The Labute approximate surface area is 106 Å². The quantitative estimate of drug-likeness (QED) is 0.437. The number of hydrogen-bond donors (Lipinski definition) is 3. The Bertz CT molecular complexity index is 273. The van der Waals surface area contributed by atoms with Gasteiger partial charge in [0.05, 0.1) is 0 Å². The van der Waals surface area contributed by atoms with Crippen LogP contribution in [0.5, 0.6) is 0 Å². The lowest BCUT2D eigenvalue weighted by atomic mass is 9.96. The van der Waals surface area contributed by atoms with Crippen LogP contribution in [0.15, 0.2) is 0 Å². The number of aliphatic hydroxyl groups is 3. The number of hydrogen-bond acceptors (Lipinski definition) is 6. The Balaban J connectivity index is 1.89. The first kappa shape index (κ1) is 14.1. The van der Waals surface area contributed by atoms with Gasteiger partial charge in [0, 0.05) is 38.8 Å². The van der Waals surface area contributed by atoms with Gasteiger partial charge in [-0.05, 0) is 25.8 Å². The molecule has 0 amide bonds. The summed E-state index contributed by atoms with van der Waals surface area (Å²) in [6.07, 6.45) is -1.43. The third-order valence-electron chi connectivity index (χ3n) is 3.89. The van der Waals surface area contributed by atoms with E-state index in [9.17, 15) is 19.8 Å². The minimum Gasteiger partial charge on any atom is -0.330 e. The Kier molecular flexibility index (Phi) is 4.20. The van der Waals surface area contributed by atoms with Crippen molar-refractivity contribution in [3.05, 3.63) is 0 Å². The van der Waals surface area contributed by atoms with Gasteiger partial charge in [0.15, 0.2) is 0 Å². The van der Waals surface area contributed by atoms with Crippen molar-refractivity contribution in [2.45, 2.75) is 25.0 Å². The number of likely N-dealkylation sites (tertiary alicyclic amines) is 1. The van der Waals surface area contributed by atoms with Crippen molar-refractivity contribution < 1.29 is 19.8 Å². The number of rotatable bonds is 4. The second-order valence-electron chi connectivity index (χ2n) is 5.48. The molecule has 2 aliphatic rings. The van der Waals surface area contributed by atoms with Gasteiger partial charge in [-0.1, -0.05) is 0 Å². The van der Waals surface area contributed by atoms with Crippen LogP contribution < -0.4 is 0 Å². The van der Waals surface area contributed by atoms with Crippen LogP contribution in [0.1, 0.15) is 12.8 Å². The number of piperidine rings is 1. The minimum absolute atomic E-state index is 0.0570. The molecule has 0 unspecified atom stereocenters. The molecule has 0 saturated carbocycles. The molecule has 0 atom stereocenters. The lowest BCUT2D eigenvalue weighted by molar-refractivity contribution is -0.407. The fourth-order valence-corrected chi connectivity index (χ4v) is 2.74. The SMILES string of the molecule is CN1CC(N(CC2CCN(F)CC2)C(O)(O)O)C1. The maximum atomic E-state index is 12.9. The van der Waals surface area contributed by atoms with Gasteiger partial charge in [0.2, 0.25) is 0 Å². The van der Waals surface area contributed by atoms with Gasteiger partial charge >= 0.3 is 6.10 Å². The van der Waals surface area contributed by atoms with E-state index in [0.29, 0.717) is 45.6 Å². The normalized spacial score (nSPS) is 25.7. The van der Waals surface area contributed by atoms with Crippen LogP contribution in [0.25, 0.3) is 0 Å². The zero-order chi connectivity index (χ0) is 13.3. The maximum absolute atomic E-state index is 12.9. The molecule has 0 aromatic heterocycles. The van der Waals surface area contributed by atoms with Gasteiger partial charge in [-0.25, -0.2) is 4.90 Å². The number of likely N-dealkylation sites (N-methyl/N-ethyl adjacent to an activating group) is 1. The van der Waals surface area contributed by atoms with Gasteiger partial charge in [-0.3, -0.25) is 0 Å². The van der Waals surface area contributed by atoms with Gasteiger partial charge in [0.1, 0.15) is 0 Å². The van der Waals surface area contributed by atoms with E-state index in [2.05, 4.69) is 0 Å². The molecule has 2 fully saturated rings. The molecular formula is C11H22FN3O3. The van der Waals surface area contributed by atoms with E-state index in [0.717, 1.165) is 5.12 Å². The lowest BCUT2D eigenvalue weighted by Crippen LogP contribution is -2.66. The monoisotopic (exact) mass is 263 g/mol. The van der Waals surface area contributed by atoms with Crippen molar-refractivity contribution in [3.63, 3.8) is 0 Å². The molecule has 0 aromatic carbocycles. The summed E-state index contributed by atoms with van der Waals surface area (Å²) in [5.41, 5.74) is 0. The van der Waals surface area contributed by atoms with Gasteiger partial charge in [-0.2, -0.15) is 0 Å². The lowest BCUT2D eigenvalue weighted by Gasteiger charge is -2.47. The predicted molar refractivity (Wildman–Crippen MR) is 62.8 cm³/mol. The highest BCUT2D eigenvalue weighted by molar-refractivity contribution is 4.88. The average molecular weight is 263 g/mol. The molecule has 0 aliphatic carbocycles. The molecule has 2 heterocycles. The fraction of sp³-hybridized carbons (Fsp3) is 1.00. The van der Waals surface area contributed by atoms with Crippen molar-refractivity contribution in [2.24, 2.45) is 5.92 Å². The number of halogens is 1. The standard InChI is InChI=1S/C11H22FN3O3/c1-13-7-10(8-13)15(11(16,17)18)6-9-2-4-14(12)5-3-9/h9-10,16-18H,2-8H2,1H3. The van der Waals surface area contributed by atoms with Crippen molar-refractivity contribution in [1.29, 1.82) is 0 Å². The van der Waals surface area contributed by atoms with E-state index in [1.54, 1.807) is 0 Å². The van der Waals surface area contributed by atoms with E-state index in [4.69, 9.17) is 0 Å². The van der Waals surface area contributed by atoms with E-state index in [1.807, 2.05) is 11.9 Å². The van der Waals surface area contributed by atoms with Gasteiger partial charge in [0.25, 0.3) is 0 Å². The number of nitrogens with zero attached hydrogens (tertiary/aromatic N) is 3. The Morgan fingerprint density at radius 1 is 1.22 bits per heavy atom. The molecular weight excluding hydrogens is 241 g/mol. The Morgan fingerprint density at radius 3 is 2.22 bits per heavy atom. The Morgan fingerprint density at radius 2 is 1.78 bits per heavy atom. The molecule has 2 aliphatic heterocycles. The van der Waals surface area contributed by atoms with Crippen LogP contribution in [-0.2, 0) is 0 Å². The molecule has 0 spiro atoms. The second kappa shape index (κ2) is 5.36. The average Bonchev–Trinajstić information content (AvgIpc) is 2.23. The summed E-state index contributed by atoms with van der Waals surface area (Å²) in [6, 6.07) is -0.0570. The summed E-state index contributed by atoms with van der Waals surface area (Å²) >= 11 is 0. The molecule has 0 bridgehead atoms. The summed E-state index contributed by atoms with van der Waals surface area (Å²) in [5, 5.41) is 29.0. The smallest absolute Gasteiger partial charge is 0.330 e. The van der Waals surface area contributed by atoms with Gasteiger partial charge < -0.3 is 20.2 Å². The molecule has 7 heteroatoms.